The number of H-pyrrole nitrogens is 1. The highest BCUT2D eigenvalue weighted by atomic mass is 16.5. The Kier molecular flexibility index (Phi) is 2.51. The van der Waals surface area contributed by atoms with Gasteiger partial charge in [0.25, 0.3) is 0 Å². The van der Waals surface area contributed by atoms with Gasteiger partial charge >= 0.3 is 0 Å². The Morgan fingerprint density at radius 2 is 2.19 bits per heavy atom. The fraction of sp³-hybridized carbons (Fsp3) is 0.600. The first kappa shape index (κ1) is 11.9. The van der Waals surface area contributed by atoms with Crippen molar-refractivity contribution in [3.8, 4) is 0 Å². The Morgan fingerprint density at radius 3 is 3.10 bits per heavy atom. The molecule has 2 saturated heterocycles. The number of rotatable bonds is 3. The van der Waals surface area contributed by atoms with Crippen molar-refractivity contribution in [1.29, 1.82) is 0 Å². The molecule has 110 valence electrons. The van der Waals surface area contributed by atoms with Crippen molar-refractivity contribution in [2.45, 2.75) is 30.9 Å². The molecule has 2 aliphatic heterocycles. The van der Waals surface area contributed by atoms with Crippen molar-refractivity contribution in [1.82, 2.24) is 20.3 Å². The zero-order valence-corrected chi connectivity index (χ0v) is 11.8. The zero-order chi connectivity index (χ0) is 13.8. The van der Waals surface area contributed by atoms with Gasteiger partial charge in [0, 0.05) is 31.1 Å². The molecule has 0 amide bonds. The number of ether oxygens (including phenoxy) is 1. The molecule has 3 atom stereocenters. The average Bonchev–Trinajstić information content (AvgIpc) is 2.91. The Bertz CT molecular complexity index is 680. The molecule has 3 fully saturated rings. The van der Waals surface area contributed by atoms with Gasteiger partial charge in [-0.25, -0.2) is 9.97 Å². The number of nitrogens with one attached hydrogen (secondary N) is 3. The smallest absolute Gasteiger partial charge is 0.143 e. The summed E-state index contributed by atoms with van der Waals surface area (Å²) in [6.07, 6.45) is 4.72. The van der Waals surface area contributed by atoms with Gasteiger partial charge in [-0.15, -0.1) is 0 Å². The molecular formula is C15H19N5O. The lowest BCUT2D eigenvalue weighted by molar-refractivity contribution is 0.112. The third-order valence-electron chi connectivity index (χ3n) is 4.91. The summed E-state index contributed by atoms with van der Waals surface area (Å²) in [5, 5.41) is 8.11. The third kappa shape index (κ3) is 1.93. The van der Waals surface area contributed by atoms with Gasteiger partial charge in [0.2, 0.25) is 0 Å². The molecule has 2 aromatic rings. The van der Waals surface area contributed by atoms with E-state index in [1.807, 2.05) is 6.20 Å². The summed E-state index contributed by atoms with van der Waals surface area (Å²) in [5.74, 6) is 3.04. The Labute approximate surface area is 122 Å². The number of nitrogens with zero attached hydrogens (tertiary/aromatic N) is 2. The van der Waals surface area contributed by atoms with Crippen LogP contribution in [0.1, 0.15) is 24.6 Å². The molecule has 2 aromatic heterocycles. The molecule has 0 bridgehead atoms. The van der Waals surface area contributed by atoms with Gasteiger partial charge in [0.05, 0.1) is 24.1 Å². The average molecular weight is 285 g/mol. The summed E-state index contributed by atoms with van der Waals surface area (Å²) in [5.41, 5.74) is 0.939. The molecule has 1 aliphatic carbocycles. The minimum Gasteiger partial charge on any atom is -0.374 e. The third-order valence-corrected chi connectivity index (χ3v) is 4.91. The van der Waals surface area contributed by atoms with E-state index in [9.17, 15) is 0 Å². The molecule has 0 spiro atoms. The highest BCUT2D eigenvalue weighted by Gasteiger charge is 2.40. The quantitative estimate of drug-likeness (QED) is 0.791. The Morgan fingerprint density at radius 1 is 1.24 bits per heavy atom. The summed E-state index contributed by atoms with van der Waals surface area (Å²) < 4.78 is 5.87. The van der Waals surface area contributed by atoms with Gasteiger partial charge in [-0.3, -0.25) is 0 Å². The van der Waals surface area contributed by atoms with Crippen LogP contribution in [-0.2, 0) is 4.74 Å². The van der Waals surface area contributed by atoms with E-state index in [1.165, 1.54) is 12.8 Å². The predicted octanol–water partition coefficient (Wildman–Crippen LogP) is 1.23. The van der Waals surface area contributed by atoms with Crippen LogP contribution in [0.2, 0.25) is 0 Å². The van der Waals surface area contributed by atoms with Gasteiger partial charge in [-0.2, -0.15) is 0 Å². The van der Waals surface area contributed by atoms with E-state index in [2.05, 4.69) is 26.7 Å². The first-order valence-corrected chi connectivity index (χ1v) is 7.82. The molecule has 0 unspecified atom stereocenters. The first-order chi connectivity index (χ1) is 10.4. The van der Waals surface area contributed by atoms with Crippen LogP contribution in [0, 0.1) is 5.92 Å². The second-order valence-electron chi connectivity index (χ2n) is 6.39. The lowest BCUT2D eigenvalue weighted by Crippen LogP contribution is -2.31. The van der Waals surface area contributed by atoms with Crippen LogP contribution in [0.4, 0.5) is 5.82 Å². The zero-order valence-electron chi connectivity index (χ0n) is 11.8. The van der Waals surface area contributed by atoms with E-state index in [4.69, 9.17) is 9.72 Å². The van der Waals surface area contributed by atoms with E-state index in [0.717, 1.165) is 42.4 Å². The summed E-state index contributed by atoms with van der Waals surface area (Å²) in [6, 6.07) is 2.39. The van der Waals surface area contributed by atoms with Gasteiger partial charge in [-0.05, 0) is 18.9 Å². The number of fused-ring (bicyclic) bond motifs is 2. The van der Waals surface area contributed by atoms with Crippen molar-refractivity contribution < 1.29 is 4.74 Å². The molecule has 3 N–H and O–H groups in total. The fourth-order valence-electron chi connectivity index (χ4n) is 3.53. The van der Waals surface area contributed by atoms with Gasteiger partial charge in [0.1, 0.15) is 17.3 Å². The van der Waals surface area contributed by atoms with Crippen molar-refractivity contribution in [3.63, 3.8) is 0 Å². The van der Waals surface area contributed by atoms with Crippen LogP contribution >= 0.6 is 0 Å². The minimum absolute atomic E-state index is 0.338. The van der Waals surface area contributed by atoms with E-state index < -0.39 is 0 Å². The van der Waals surface area contributed by atoms with Crippen LogP contribution in [-0.4, -0.2) is 46.8 Å². The minimum atomic E-state index is 0.338. The number of aromatic amines is 1. The summed E-state index contributed by atoms with van der Waals surface area (Å²) in [7, 11) is 0. The lowest BCUT2D eigenvalue weighted by Gasteiger charge is -2.18. The number of hydrogen-bond donors (Lipinski definition) is 3. The van der Waals surface area contributed by atoms with Crippen LogP contribution in [0.3, 0.4) is 0 Å². The van der Waals surface area contributed by atoms with Crippen LogP contribution < -0.4 is 10.6 Å². The molecule has 1 saturated carbocycles. The molecule has 0 radical (unpaired) electrons. The fourth-order valence-corrected chi connectivity index (χ4v) is 3.53. The second-order valence-corrected chi connectivity index (χ2v) is 6.39. The first-order valence-electron chi connectivity index (χ1n) is 7.82. The highest BCUT2D eigenvalue weighted by molar-refractivity contribution is 5.87. The van der Waals surface area contributed by atoms with E-state index in [1.54, 1.807) is 0 Å². The lowest BCUT2D eigenvalue weighted by atomic mass is 10.0. The molecular weight excluding hydrogens is 266 g/mol. The summed E-state index contributed by atoms with van der Waals surface area (Å²) in [4.78, 5) is 12.7. The largest absolute Gasteiger partial charge is 0.374 e. The van der Waals surface area contributed by atoms with Crippen molar-refractivity contribution in [2.75, 3.05) is 25.0 Å². The molecule has 5 rings (SSSR count). The van der Waals surface area contributed by atoms with E-state index >= 15 is 0 Å². The Hall–Kier alpha value is -1.66. The van der Waals surface area contributed by atoms with Crippen LogP contribution in [0.25, 0.3) is 11.0 Å². The summed E-state index contributed by atoms with van der Waals surface area (Å²) in [6.45, 7) is 2.77. The van der Waals surface area contributed by atoms with Crippen LogP contribution in [0.15, 0.2) is 12.3 Å². The maximum Gasteiger partial charge on any atom is 0.143 e. The van der Waals surface area contributed by atoms with E-state index in [-0.39, 0.29) is 0 Å². The Balaban J connectivity index is 1.50. The van der Waals surface area contributed by atoms with E-state index in [0.29, 0.717) is 24.0 Å². The maximum absolute atomic E-state index is 5.87. The maximum atomic E-state index is 5.87. The number of aromatic nitrogens is 3. The van der Waals surface area contributed by atoms with Crippen LogP contribution in [0.5, 0.6) is 0 Å². The van der Waals surface area contributed by atoms with Gasteiger partial charge in [0.15, 0.2) is 0 Å². The van der Waals surface area contributed by atoms with Crippen molar-refractivity contribution in [3.05, 3.63) is 18.1 Å². The van der Waals surface area contributed by atoms with Crippen molar-refractivity contribution in [2.24, 2.45) is 5.92 Å². The molecule has 3 aliphatic rings. The monoisotopic (exact) mass is 285 g/mol. The van der Waals surface area contributed by atoms with Crippen molar-refractivity contribution >= 4 is 16.9 Å². The summed E-state index contributed by atoms with van der Waals surface area (Å²) >= 11 is 0. The molecule has 4 heterocycles. The van der Waals surface area contributed by atoms with Gasteiger partial charge < -0.3 is 20.4 Å². The molecule has 6 nitrogen and oxygen atoms in total. The number of hydrogen-bond acceptors (Lipinski definition) is 5. The standard InChI is InChI=1S/C15H19N5O/c1-2-8(1)13-19-14-9(3-4-17-14)15(20-13)18-11-7-21-12-6-16-5-10(11)12/h3-4,8,10-12,16H,1-2,5-7H2,(H2,17,18,19,20)/t10-,11-,12-/m1/s1. The highest BCUT2D eigenvalue weighted by Crippen LogP contribution is 2.39. The topological polar surface area (TPSA) is 74.9 Å². The molecule has 21 heavy (non-hydrogen) atoms. The van der Waals surface area contributed by atoms with Gasteiger partial charge in [-0.1, -0.05) is 0 Å². The SMILES string of the molecule is c1cc2c(N[C@@H]3CO[C@@H]4CNC[C@H]34)nc(C3CC3)nc2[nH]1. The molecule has 6 heteroatoms. The predicted molar refractivity (Wildman–Crippen MR) is 79.4 cm³/mol. The normalized spacial score (nSPS) is 31.7. The second kappa shape index (κ2) is 4.42. The number of anilines is 1. The molecule has 0 aromatic carbocycles.